The summed E-state index contributed by atoms with van der Waals surface area (Å²) in [5, 5.41) is 14.9. The number of pyridine rings is 1. The van der Waals surface area contributed by atoms with Gasteiger partial charge in [-0.25, -0.2) is 18.5 Å². The van der Waals surface area contributed by atoms with Crippen LogP contribution in [-0.2, 0) is 10.0 Å². The third-order valence-electron chi connectivity index (χ3n) is 3.75. The van der Waals surface area contributed by atoms with Crippen molar-refractivity contribution in [2.75, 3.05) is 6.61 Å². The summed E-state index contributed by atoms with van der Waals surface area (Å²) in [7, 11) is -3.77. The number of halogens is 1. The minimum atomic E-state index is -3.77. The van der Waals surface area contributed by atoms with Gasteiger partial charge in [0.25, 0.3) is 0 Å². The zero-order chi connectivity index (χ0) is 15.7. The van der Waals surface area contributed by atoms with Gasteiger partial charge in [-0.1, -0.05) is 0 Å². The van der Waals surface area contributed by atoms with Gasteiger partial charge in [0, 0.05) is 0 Å². The van der Waals surface area contributed by atoms with E-state index in [4.69, 9.17) is 9.88 Å². The molecule has 0 saturated heterocycles. The van der Waals surface area contributed by atoms with E-state index < -0.39 is 15.6 Å². The SMILES string of the molecule is C[C@]1(O)CC[C@H](COc2ncc(S(N)(=O)=O)cc2Br)CC1. The zero-order valence-corrected chi connectivity index (χ0v) is 14.2. The molecule has 21 heavy (non-hydrogen) atoms. The fraction of sp³-hybridized carbons (Fsp3) is 0.615. The van der Waals surface area contributed by atoms with Gasteiger partial charge in [-0.05, 0) is 60.5 Å². The third-order valence-corrected chi connectivity index (χ3v) is 5.20. The fourth-order valence-corrected chi connectivity index (χ4v) is 3.43. The van der Waals surface area contributed by atoms with E-state index in [1.807, 2.05) is 6.92 Å². The van der Waals surface area contributed by atoms with Crippen LogP contribution in [0.1, 0.15) is 32.6 Å². The Bertz CT molecular complexity index is 609. The van der Waals surface area contributed by atoms with E-state index in [1.165, 1.54) is 12.3 Å². The first-order chi connectivity index (χ1) is 9.67. The highest BCUT2D eigenvalue weighted by molar-refractivity contribution is 9.10. The van der Waals surface area contributed by atoms with Crippen LogP contribution in [0.25, 0.3) is 0 Å². The van der Waals surface area contributed by atoms with E-state index in [9.17, 15) is 13.5 Å². The van der Waals surface area contributed by atoms with Gasteiger partial charge in [-0.2, -0.15) is 0 Å². The summed E-state index contributed by atoms with van der Waals surface area (Å²) in [6.07, 6.45) is 4.51. The van der Waals surface area contributed by atoms with Gasteiger partial charge < -0.3 is 9.84 Å². The number of nitrogens with zero attached hydrogens (tertiary/aromatic N) is 1. The Balaban J connectivity index is 1.95. The first-order valence-electron chi connectivity index (χ1n) is 6.71. The molecule has 1 aromatic rings. The average Bonchev–Trinajstić information content (AvgIpc) is 2.37. The van der Waals surface area contributed by atoms with E-state index in [0.29, 0.717) is 22.9 Å². The maximum absolute atomic E-state index is 11.2. The van der Waals surface area contributed by atoms with Crippen LogP contribution >= 0.6 is 15.9 Å². The van der Waals surface area contributed by atoms with Crippen molar-refractivity contribution in [1.29, 1.82) is 0 Å². The number of rotatable bonds is 4. The van der Waals surface area contributed by atoms with Crippen molar-refractivity contribution in [3.63, 3.8) is 0 Å². The van der Waals surface area contributed by atoms with Gasteiger partial charge in [0.05, 0.1) is 22.9 Å². The Hall–Kier alpha value is -0.700. The van der Waals surface area contributed by atoms with E-state index in [2.05, 4.69) is 20.9 Å². The predicted octanol–water partition coefficient (Wildman–Crippen LogP) is 1.81. The van der Waals surface area contributed by atoms with Crippen LogP contribution < -0.4 is 9.88 Å². The van der Waals surface area contributed by atoms with Crippen molar-refractivity contribution in [2.45, 2.75) is 43.1 Å². The Morgan fingerprint density at radius 3 is 2.67 bits per heavy atom. The molecule has 6 nitrogen and oxygen atoms in total. The summed E-state index contributed by atoms with van der Waals surface area (Å²) in [4.78, 5) is 3.92. The second kappa shape index (κ2) is 6.20. The number of aromatic nitrogens is 1. The normalized spacial score (nSPS) is 26.6. The highest BCUT2D eigenvalue weighted by Crippen LogP contribution is 2.32. The number of primary sulfonamides is 1. The molecule has 0 aliphatic heterocycles. The van der Waals surface area contributed by atoms with Crippen LogP contribution in [0.15, 0.2) is 21.6 Å². The van der Waals surface area contributed by atoms with Crippen molar-refractivity contribution in [3.8, 4) is 5.88 Å². The van der Waals surface area contributed by atoms with Crippen LogP contribution in [0, 0.1) is 5.92 Å². The molecule has 1 fully saturated rings. The minimum Gasteiger partial charge on any atom is -0.477 e. The summed E-state index contributed by atoms with van der Waals surface area (Å²) < 4.78 is 28.5. The monoisotopic (exact) mass is 378 g/mol. The van der Waals surface area contributed by atoms with E-state index in [0.717, 1.165) is 25.7 Å². The molecule has 2 rings (SSSR count). The first kappa shape index (κ1) is 16.7. The van der Waals surface area contributed by atoms with Gasteiger partial charge in [0.1, 0.15) is 4.90 Å². The quantitative estimate of drug-likeness (QED) is 0.831. The summed E-state index contributed by atoms with van der Waals surface area (Å²) >= 11 is 3.24. The molecule has 1 heterocycles. The van der Waals surface area contributed by atoms with Gasteiger partial charge in [0.15, 0.2) is 0 Å². The Kier molecular flexibility index (Phi) is 4.92. The molecule has 0 spiro atoms. The lowest BCUT2D eigenvalue weighted by molar-refractivity contribution is 0.00123. The Morgan fingerprint density at radius 1 is 1.52 bits per heavy atom. The molecular weight excluding hydrogens is 360 g/mol. The molecule has 0 atom stereocenters. The maximum atomic E-state index is 11.2. The van der Waals surface area contributed by atoms with Crippen LogP contribution in [-0.4, -0.2) is 30.7 Å². The van der Waals surface area contributed by atoms with Gasteiger partial charge in [-0.15, -0.1) is 0 Å². The lowest BCUT2D eigenvalue weighted by Gasteiger charge is -2.32. The summed E-state index contributed by atoms with van der Waals surface area (Å²) in [5.74, 6) is 0.719. The predicted molar refractivity (Wildman–Crippen MR) is 81.4 cm³/mol. The van der Waals surface area contributed by atoms with Crippen LogP contribution in [0.5, 0.6) is 5.88 Å². The Morgan fingerprint density at radius 2 is 2.14 bits per heavy atom. The molecule has 0 amide bonds. The second-order valence-corrected chi connectivity index (χ2v) is 8.17. The van der Waals surface area contributed by atoms with E-state index >= 15 is 0 Å². The number of ether oxygens (including phenoxy) is 1. The van der Waals surface area contributed by atoms with Crippen molar-refractivity contribution < 1.29 is 18.3 Å². The number of sulfonamides is 1. The molecule has 0 radical (unpaired) electrons. The standard InChI is InChI=1S/C13H19BrN2O4S/c1-13(17)4-2-9(3-5-13)8-20-12-11(14)6-10(7-16-12)21(15,18)19/h6-7,9,17H,2-5,8H2,1H3,(H2,15,18,19)/t9-,13-. The lowest BCUT2D eigenvalue weighted by Crippen LogP contribution is -2.32. The summed E-state index contributed by atoms with van der Waals surface area (Å²) in [5.41, 5.74) is -0.563. The molecule has 1 saturated carbocycles. The number of hydrogen-bond donors (Lipinski definition) is 2. The third kappa shape index (κ3) is 4.64. The number of hydrogen-bond acceptors (Lipinski definition) is 5. The molecule has 8 heteroatoms. The molecule has 3 N–H and O–H groups in total. The zero-order valence-electron chi connectivity index (χ0n) is 11.8. The molecule has 0 bridgehead atoms. The highest BCUT2D eigenvalue weighted by Gasteiger charge is 2.29. The molecule has 1 aliphatic carbocycles. The smallest absolute Gasteiger partial charge is 0.239 e. The molecule has 1 aliphatic rings. The van der Waals surface area contributed by atoms with Gasteiger partial charge in [-0.3, -0.25) is 0 Å². The summed E-state index contributed by atoms with van der Waals surface area (Å²) in [6.45, 7) is 2.35. The fourth-order valence-electron chi connectivity index (χ4n) is 2.33. The molecular formula is C13H19BrN2O4S. The van der Waals surface area contributed by atoms with Crippen LogP contribution in [0.4, 0.5) is 0 Å². The highest BCUT2D eigenvalue weighted by atomic mass is 79.9. The first-order valence-corrected chi connectivity index (χ1v) is 9.05. The molecule has 1 aromatic heterocycles. The van der Waals surface area contributed by atoms with E-state index in [1.54, 1.807) is 0 Å². The Labute approximate surface area is 132 Å². The average molecular weight is 379 g/mol. The maximum Gasteiger partial charge on any atom is 0.239 e. The molecule has 0 unspecified atom stereocenters. The van der Waals surface area contributed by atoms with Gasteiger partial charge >= 0.3 is 0 Å². The lowest BCUT2D eigenvalue weighted by atomic mass is 9.80. The van der Waals surface area contributed by atoms with Crippen LogP contribution in [0.2, 0.25) is 0 Å². The topological polar surface area (TPSA) is 103 Å². The van der Waals surface area contributed by atoms with Crippen molar-refractivity contribution in [2.24, 2.45) is 11.1 Å². The van der Waals surface area contributed by atoms with Crippen molar-refractivity contribution in [3.05, 3.63) is 16.7 Å². The van der Waals surface area contributed by atoms with E-state index in [-0.39, 0.29) is 4.90 Å². The molecule has 0 aromatic carbocycles. The number of aliphatic hydroxyl groups is 1. The minimum absolute atomic E-state index is 0.0598. The molecule has 118 valence electrons. The van der Waals surface area contributed by atoms with Crippen LogP contribution in [0.3, 0.4) is 0 Å². The van der Waals surface area contributed by atoms with Gasteiger partial charge in [0.2, 0.25) is 15.9 Å². The van der Waals surface area contributed by atoms with Crippen molar-refractivity contribution in [1.82, 2.24) is 4.98 Å². The summed E-state index contributed by atoms with van der Waals surface area (Å²) in [6, 6.07) is 1.38. The second-order valence-electron chi connectivity index (χ2n) is 5.75. The number of nitrogens with two attached hydrogens (primary N) is 1. The largest absolute Gasteiger partial charge is 0.477 e. The van der Waals surface area contributed by atoms with Crippen molar-refractivity contribution >= 4 is 26.0 Å².